The van der Waals surface area contributed by atoms with Gasteiger partial charge in [-0.1, -0.05) is 18.2 Å². The van der Waals surface area contributed by atoms with Gasteiger partial charge in [-0.05, 0) is 53.7 Å². The maximum absolute atomic E-state index is 13.9. The van der Waals surface area contributed by atoms with Crippen LogP contribution in [0.2, 0.25) is 0 Å². The smallest absolute Gasteiger partial charge is 0.252 e. The Balaban J connectivity index is 2.16. The number of benzene rings is 1. The summed E-state index contributed by atoms with van der Waals surface area (Å²) in [6, 6.07) is 7.69. The van der Waals surface area contributed by atoms with Crippen LogP contribution in [-0.4, -0.2) is 19.7 Å². The van der Waals surface area contributed by atoms with Crippen molar-refractivity contribution in [2.24, 2.45) is 0 Å². The van der Waals surface area contributed by atoms with Gasteiger partial charge in [0.15, 0.2) is 15.7 Å². The number of nitrogens with zero attached hydrogens (tertiary/aromatic N) is 1. The van der Waals surface area contributed by atoms with E-state index in [2.05, 4.69) is 4.98 Å². The summed E-state index contributed by atoms with van der Waals surface area (Å²) in [5, 5.41) is 0. The van der Waals surface area contributed by atoms with E-state index in [1.165, 1.54) is 12.3 Å². The molecule has 1 aromatic carbocycles. The van der Waals surface area contributed by atoms with Crippen molar-refractivity contribution >= 4 is 21.0 Å². The highest BCUT2D eigenvalue weighted by atomic mass is 32.2. The Kier molecular flexibility index (Phi) is 4.69. The Hall–Kier alpha value is -2.15. The van der Waals surface area contributed by atoms with Crippen LogP contribution in [0.3, 0.4) is 0 Å². The Labute approximate surface area is 144 Å². The van der Waals surface area contributed by atoms with E-state index in [4.69, 9.17) is 0 Å². The molecular weight excluding hydrogens is 351 g/mol. The highest BCUT2D eigenvalue weighted by Gasteiger charge is 2.24. The molecule has 0 fully saturated rings. The predicted molar refractivity (Wildman–Crippen MR) is 89.4 cm³/mol. The van der Waals surface area contributed by atoms with Crippen LogP contribution in [-0.2, 0) is 9.84 Å². The van der Waals surface area contributed by atoms with Gasteiger partial charge in [-0.2, -0.15) is 0 Å². The second-order valence-electron chi connectivity index (χ2n) is 5.97. The molecule has 2 aromatic rings. The molecule has 0 saturated carbocycles. The summed E-state index contributed by atoms with van der Waals surface area (Å²) in [6.45, 7) is 0. The Morgan fingerprint density at radius 1 is 1.12 bits per heavy atom. The molecule has 0 amide bonds. The quantitative estimate of drug-likeness (QED) is 0.790. The molecule has 3 rings (SSSR count). The molecule has 1 aliphatic carbocycles. The van der Waals surface area contributed by atoms with Crippen LogP contribution in [0.15, 0.2) is 41.4 Å². The number of hydrogen-bond donors (Lipinski definition) is 0. The van der Waals surface area contributed by atoms with Gasteiger partial charge in [-0.25, -0.2) is 21.6 Å². The van der Waals surface area contributed by atoms with Gasteiger partial charge in [-0.15, -0.1) is 0 Å². The number of aromatic nitrogens is 1. The van der Waals surface area contributed by atoms with Gasteiger partial charge < -0.3 is 0 Å². The maximum Gasteiger partial charge on any atom is 0.283 e. The fraction of sp³-hybridized carbons (Fsp3) is 0.278. The number of hydrogen-bond acceptors (Lipinski definition) is 3. The van der Waals surface area contributed by atoms with Crippen molar-refractivity contribution in [1.82, 2.24) is 4.98 Å². The molecule has 25 heavy (non-hydrogen) atoms. The number of pyridine rings is 1. The molecule has 0 bridgehead atoms. The summed E-state index contributed by atoms with van der Waals surface area (Å²) >= 11 is 0. The largest absolute Gasteiger partial charge is 0.283 e. The zero-order valence-corrected chi connectivity index (χ0v) is 14.3. The molecule has 0 unspecified atom stereocenters. The first kappa shape index (κ1) is 17.7. The highest BCUT2D eigenvalue weighted by Crippen LogP contribution is 2.41. The summed E-state index contributed by atoms with van der Waals surface area (Å²) in [6.07, 6.45) is 1.43. The van der Waals surface area contributed by atoms with Gasteiger partial charge in [0.25, 0.3) is 6.43 Å². The van der Waals surface area contributed by atoms with Crippen LogP contribution < -0.4 is 0 Å². The molecule has 0 spiro atoms. The summed E-state index contributed by atoms with van der Waals surface area (Å²) in [4.78, 5) is 3.75. The maximum atomic E-state index is 13.9. The minimum atomic E-state index is -3.43. The Morgan fingerprint density at radius 3 is 2.44 bits per heavy atom. The average molecular weight is 367 g/mol. The molecule has 3 nitrogen and oxygen atoms in total. The van der Waals surface area contributed by atoms with Crippen LogP contribution in [0.4, 0.5) is 13.2 Å². The molecule has 0 aliphatic heterocycles. The minimum absolute atomic E-state index is 0.210. The molecule has 0 N–H and O–H groups in total. The lowest BCUT2D eigenvalue weighted by atomic mass is 9.98. The van der Waals surface area contributed by atoms with Gasteiger partial charge in [0.1, 0.15) is 5.69 Å². The van der Waals surface area contributed by atoms with E-state index in [0.717, 1.165) is 29.9 Å². The van der Waals surface area contributed by atoms with E-state index >= 15 is 0 Å². The highest BCUT2D eigenvalue weighted by molar-refractivity contribution is 7.90. The minimum Gasteiger partial charge on any atom is -0.252 e. The van der Waals surface area contributed by atoms with E-state index in [1.807, 2.05) is 0 Å². The normalized spacial score (nSPS) is 15.2. The van der Waals surface area contributed by atoms with Crippen molar-refractivity contribution in [1.29, 1.82) is 0 Å². The standard InChI is InChI=1S/C18H16F3NO2S/c1-25(23,24)16-8-3-2-5-14(16)13-7-4-6-12(13)11-9-15(19)17(18(20)21)22-10-11/h2-3,5,8-10,18H,4,6-7H2,1H3. The summed E-state index contributed by atoms with van der Waals surface area (Å²) in [5.41, 5.74) is 1.67. The molecule has 132 valence electrons. The third-order valence-electron chi connectivity index (χ3n) is 4.25. The molecule has 7 heteroatoms. The number of halogens is 3. The molecular formula is C18H16F3NO2S. The van der Waals surface area contributed by atoms with Crippen LogP contribution in [0.25, 0.3) is 11.1 Å². The van der Waals surface area contributed by atoms with Crippen molar-refractivity contribution in [3.05, 3.63) is 59.2 Å². The molecule has 0 radical (unpaired) electrons. The predicted octanol–water partition coefficient (Wildman–Crippen LogP) is 4.66. The van der Waals surface area contributed by atoms with E-state index in [0.29, 0.717) is 24.0 Å². The topological polar surface area (TPSA) is 47.0 Å². The summed E-state index contributed by atoms with van der Waals surface area (Å²) in [5.74, 6) is -1.05. The zero-order chi connectivity index (χ0) is 18.2. The van der Waals surface area contributed by atoms with Crippen molar-refractivity contribution in [3.63, 3.8) is 0 Å². The van der Waals surface area contributed by atoms with E-state index in [9.17, 15) is 21.6 Å². The van der Waals surface area contributed by atoms with Crippen molar-refractivity contribution in [2.75, 3.05) is 6.26 Å². The SMILES string of the molecule is CS(=O)(=O)c1ccccc1C1=C(c2cnc(C(F)F)c(F)c2)CCC1. The van der Waals surface area contributed by atoms with Crippen molar-refractivity contribution in [2.45, 2.75) is 30.6 Å². The summed E-state index contributed by atoms with van der Waals surface area (Å²) in [7, 11) is -3.43. The monoisotopic (exact) mass is 367 g/mol. The zero-order valence-electron chi connectivity index (χ0n) is 13.5. The molecule has 0 atom stereocenters. The van der Waals surface area contributed by atoms with E-state index in [1.54, 1.807) is 18.2 Å². The third-order valence-corrected chi connectivity index (χ3v) is 5.41. The Bertz CT molecular complexity index is 953. The number of sulfone groups is 1. The molecule has 1 aromatic heterocycles. The lowest BCUT2D eigenvalue weighted by molar-refractivity contribution is 0.140. The van der Waals surface area contributed by atoms with Gasteiger partial charge >= 0.3 is 0 Å². The van der Waals surface area contributed by atoms with Gasteiger partial charge in [0.05, 0.1) is 4.90 Å². The molecule has 0 saturated heterocycles. The molecule has 1 heterocycles. The van der Waals surface area contributed by atoms with Crippen LogP contribution in [0, 0.1) is 5.82 Å². The fourth-order valence-corrected chi connectivity index (χ4v) is 4.09. The lowest BCUT2D eigenvalue weighted by Gasteiger charge is -2.13. The first-order valence-corrected chi connectivity index (χ1v) is 9.63. The second kappa shape index (κ2) is 6.63. The second-order valence-corrected chi connectivity index (χ2v) is 7.95. The van der Waals surface area contributed by atoms with Gasteiger partial charge in [-0.3, -0.25) is 4.98 Å². The lowest BCUT2D eigenvalue weighted by Crippen LogP contribution is -2.02. The first-order valence-electron chi connectivity index (χ1n) is 7.74. The summed E-state index contributed by atoms with van der Waals surface area (Å²) < 4.78 is 63.4. The van der Waals surface area contributed by atoms with Gasteiger partial charge in [0.2, 0.25) is 0 Å². The van der Waals surface area contributed by atoms with Crippen molar-refractivity contribution < 1.29 is 21.6 Å². The third kappa shape index (κ3) is 3.46. The number of rotatable bonds is 4. The van der Waals surface area contributed by atoms with E-state index < -0.39 is 27.8 Å². The molecule has 1 aliphatic rings. The fourth-order valence-electron chi connectivity index (χ4n) is 3.17. The van der Waals surface area contributed by atoms with Crippen LogP contribution >= 0.6 is 0 Å². The van der Waals surface area contributed by atoms with E-state index in [-0.39, 0.29) is 4.90 Å². The van der Waals surface area contributed by atoms with Crippen LogP contribution in [0.1, 0.15) is 42.5 Å². The number of alkyl halides is 2. The van der Waals surface area contributed by atoms with Crippen molar-refractivity contribution in [3.8, 4) is 0 Å². The first-order chi connectivity index (χ1) is 11.8. The van der Waals surface area contributed by atoms with Crippen LogP contribution in [0.5, 0.6) is 0 Å². The van der Waals surface area contributed by atoms with Gasteiger partial charge in [0, 0.05) is 12.5 Å². The average Bonchev–Trinajstić information content (AvgIpc) is 3.03. The number of allylic oxidation sites excluding steroid dienone is 2. The Morgan fingerprint density at radius 2 is 1.80 bits per heavy atom.